The van der Waals surface area contributed by atoms with E-state index in [4.69, 9.17) is 4.52 Å². The molecule has 1 aliphatic heterocycles. The van der Waals surface area contributed by atoms with Gasteiger partial charge in [-0.25, -0.2) is 8.42 Å². The third kappa shape index (κ3) is 3.69. The van der Waals surface area contributed by atoms with Crippen LogP contribution >= 0.6 is 0 Å². The van der Waals surface area contributed by atoms with Crippen LogP contribution in [0.1, 0.15) is 87.3 Å². The highest BCUT2D eigenvalue weighted by Crippen LogP contribution is 2.37. The zero-order valence-corrected chi connectivity index (χ0v) is 17.9. The van der Waals surface area contributed by atoms with E-state index in [1.165, 1.54) is 5.56 Å². The van der Waals surface area contributed by atoms with Crippen molar-refractivity contribution in [2.45, 2.75) is 77.2 Å². The maximum atomic E-state index is 13.7. The van der Waals surface area contributed by atoms with Crippen molar-refractivity contribution in [1.29, 1.82) is 0 Å². The Balaban J connectivity index is 2.16. The number of hydrogen-bond acceptors (Lipinski definition) is 4. The highest BCUT2D eigenvalue weighted by Gasteiger charge is 2.34. The van der Waals surface area contributed by atoms with Gasteiger partial charge in [0.15, 0.2) is 0 Å². The molecule has 0 amide bonds. The molecule has 0 spiro atoms. The molecule has 0 saturated carbocycles. The minimum Gasteiger partial charge on any atom is -0.361 e. The normalized spacial score (nSPS) is 15.7. The predicted molar refractivity (Wildman–Crippen MR) is 107 cm³/mol. The molecule has 0 bridgehead atoms. The third-order valence-electron chi connectivity index (χ3n) is 5.34. The molecule has 0 aliphatic carbocycles. The number of hydrogen-bond donors (Lipinski definition) is 0. The molecule has 0 N–H and O–H groups in total. The first-order chi connectivity index (χ1) is 12.6. The maximum Gasteiger partial charge on any atom is 0.243 e. The molecule has 0 atom stereocenters. The van der Waals surface area contributed by atoms with Crippen molar-refractivity contribution in [3.05, 3.63) is 46.3 Å². The van der Waals surface area contributed by atoms with Crippen molar-refractivity contribution in [3.8, 4) is 0 Å². The van der Waals surface area contributed by atoms with E-state index in [0.717, 1.165) is 22.5 Å². The van der Waals surface area contributed by atoms with E-state index in [0.29, 0.717) is 30.3 Å². The summed E-state index contributed by atoms with van der Waals surface area (Å²) in [6, 6.07) is 4.17. The maximum absolute atomic E-state index is 13.7. The lowest BCUT2D eigenvalue weighted by atomic mass is 9.89. The largest absolute Gasteiger partial charge is 0.361 e. The van der Waals surface area contributed by atoms with E-state index >= 15 is 0 Å². The van der Waals surface area contributed by atoms with Gasteiger partial charge in [-0.05, 0) is 34.4 Å². The van der Waals surface area contributed by atoms with Crippen molar-refractivity contribution >= 4 is 10.0 Å². The van der Waals surface area contributed by atoms with Crippen LogP contribution < -0.4 is 0 Å². The van der Waals surface area contributed by atoms with Crippen LogP contribution in [0.5, 0.6) is 0 Å². The van der Waals surface area contributed by atoms with Crippen LogP contribution in [0.2, 0.25) is 0 Å². The van der Waals surface area contributed by atoms with Gasteiger partial charge >= 0.3 is 0 Å². The Bertz CT molecular complexity index is 898. The van der Waals surface area contributed by atoms with Crippen LogP contribution in [0.4, 0.5) is 0 Å². The Morgan fingerprint density at radius 2 is 1.59 bits per heavy atom. The van der Waals surface area contributed by atoms with Crippen LogP contribution in [0.25, 0.3) is 0 Å². The fourth-order valence-corrected chi connectivity index (χ4v) is 5.72. The van der Waals surface area contributed by atoms with Crippen LogP contribution in [-0.4, -0.2) is 24.4 Å². The van der Waals surface area contributed by atoms with Crippen molar-refractivity contribution in [1.82, 2.24) is 9.46 Å². The molecule has 1 aliphatic rings. The van der Waals surface area contributed by atoms with Crippen molar-refractivity contribution < 1.29 is 12.9 Å². The summed E-state index contributed by atoms with van der Waals surface area (Å²) in [5, 5.41) is 3.82. The van der Waals surface area contributed by atoms with Gasteiger partial charge in [0, 0.05) is 25.1 Å². The third-order valence-corrected chi connectivity index (χ3v) is 7.32. The number of sulfonamides is 1. The summed E-state index contributed by atoms with van der Waals surface area (Å²) in [6.07, 6.45) is 2.19. The number of fused-ring (bicyclic) bond motifs is 1. The Morgan fingerprint density at radius 1 is 1.00 bits per heavy atom. The van der Waals surface area contributed by atoms with E-state index in [1.807, 2.05) is 0 Å². The molecule has 5 nitrogen and oxygen atoms in total. The standard InChI is InChI=1S/C21H30N2O3S/c1-13(2)16-9-18(14(3)4)21(19(10-16)15(5)6)27(24,25)23-8-7-20-17(12-23)11-22-26-20/h9-11,13-15H,7-8,12H2,1-6H3. The minimum atomic E-state index is -3.61. The number of benzene rings is 1. The topological polar surface area (TPSA) is 63.4 Å². The lowest BCUT2D eigenvalue weighted by Gasteiger charge is -2.29. The first kappa shape index (κ1) is 20.1. The summed E-state index contributed by atoms with van der Waals surface area (Å²) in [6.45, 7) is 13.3. The average Bonchev–Trinajstić information content (AvgIpc) is 3.07. The van der Waals surface area contributed by atoms with Crippen molar-refractivity contribution in [2.75, 3.05) is 6.54 Å². The Labute approximate surface area is 162 Å². The molecule has 148 valence electrons. The van der Waals surface area contributed by atoms with Gasteiger partial charge in [0.1, 0.15) is 5.76 Å². The second-order valence-electron chi connectivity index (χ2n) is 8.36. The molecule has 27 heavy (non-hydrogen) atoms. The molecule has 0 saturated heterocycles. The predicted octanol–water partition coefficient (Wildman–Crippen LogP) is 4.79. The first-order valence-corrected chi connectivity index (χ1v) is 11.2. The summed E-state index contributed by atoms with van der Waals surface area (Å²) in [5.41, 5.74) is 3.89. The van der Waals surface area contributed by atoms with E-state index in [9.17, 15) is 8.42 Å². The van der Waals surface area contributed by atoms with E-state index in [1.54, 1.807) is 10.5 Å². The lowest BCUT2D eigenvalue weighted by Crippen LogP contribution is -2.36. The van der Waals surface area contributed by atoms with Crippen LogP contribution in [-0.2, 0) is 23.0 Å². The van der Waals surface area contributed by atoms with Crippen molar-refractivity contribution in [2.24, 2.45) is 0 Å². The van der Waals surface area contributed by atoms with Crippen LogP contribution in [0, 0.1) is 0 Å². The summed E-state index contributed by atoms with van der Waals surface area (Å²) in [7, 11) is -3.61. The first-order valence-electron chi connectivity index (χ1n) is 9.73. The molecule has 0 unspecified atom stereocenters. The van der Waals surface area contributed by atoms with Gasteiger partial charge in [-0.2, -0.15) is 4.31 Å². The monoisotopic (exact) mass is 390 g/mol. The molecule has 6 heteroatoms. The average molecular weight is 391 g/mol. The molecule has 1 aromatic carbocycles. The fraction of sp³-hybridized carbons (Fsp3) is 0.571. The summed E-state index contributed by atoms with van der Waals surface area (Å²) in [5.74, 6) is 1.40. The molecule has 1 aromatic heterocycles. The Morgan fingerprint density at radius 3 is 2.11 bits per heavy atom. The number of nitrogens with zero attached hydrogens (tertiary/aromatic N) is 2. The lowest BCUT2D eigenvalue weighted by molar-refractivity contribution is 0.331. The van der Waals surface area contributed by atoms with Crippen LogP contribution in [0.15, 0.2) is 27.7 Å². The van der Waals surface area contributed by atoms with E-state index in [-0.39, 0.29) is 11.8 Å². The van der Waals surface area contributed by atoms with Gasteiger partial charge in [-0.15, -0.1) is 0 Å². The molecule has 3 rings (SSSR count). The smallest absolute Gasteiger partial charge is 0.243 e. The SMILES string of the molecule is CC(C)c1cc(C(C)C)c(S(=O)(=O)N2CCc3oncc3C2)c(C(C)C)c1. The molecule has 0 radical (unpaired) electrons. The van der Waals surface area contributed by atoms with E-state index < -0.39 is 10.0 Å². The van der Waals surface area contributed by atoms with Crippen LogP contribution in [0.3, 0.4) is 0 Å². The second-order valence-corrected chi connectivity index (χ2v) is 10.2. The van der Waals surface area contributed by atoms with Crippen molar-refractivity contribution in [3.63, 3.8) is 0 Å². The zero-order chi connectivity index (χ0) is 19.9. The summed E-state index contributed by atoms with van der Waals surface area (Å²) >= 11 is 0. The summed E-state index contributed by atoms with van der Waals surface area (Å²) in [4.78, 5) is 0.497. The van der Waals surface area contributed by atoms with Gasteiger partial charge in [-0.1, -0.05) is 58.8 Å². The number of aromatic nitrogens is 1. The molecule has 0 fully saturated rings. The number of rotatable bonds is 5. The van der Waals surface area contributed by atoms with Gasteiger partial charge in [0.05, 0.1) is 11.1 Å². The zero-order valence-electron chi connectivity index (χ0n) is 17.1. The Hall–Kier alpha value is -1.66. The van der Waals surface area contributed by atoms with Gasteiger partial charge in [-0.3, -0.25) is 0 Å². The van der Waals surface area contributed by atoms with Gasteiger partial charge < -0.3 is 4.52 Å². The van der Waals surface area contributed by atoms with Gasteiger partial charge in [0.25, 0.3) is 0 Å². The van der Waals surface area contributed by atoms with E-state index in [2.05, 4.69) is 58.8 Å². The highest BCUT2D eigenvalue weighted by molar-refractivity contribution is 7.89. The summed E-state index contributed by atoms with van der Waals surface area (Å²) < 4.78 is 34.2. The fourth-order valence-electron chi connectivity index (χ4n) is 3.64. The highest BCUT2D eigenvalue weighted by atomic mass is 32.2. The molecular weight excluding hydrogens is 360 g/mol. The molecule has 2 heterocycles. The Kier molecular flexibility index (Phi) is 5.50. The van der Waals surface area contributed by atoms with Gasteiger partial charge in [0.2, 0.25) is 10.0 Å². The molecular formula is C21H30N2O3S. The quantitative estimate of drug-likeness (QED) is 0.736. The minimum absolute atomic E-state index is 0.127. The second kappa shape index (κ2) is 7.40. The molecule has 2 aromatic rings.